The molecule has 0 nitrogen and oxygen atoms in total. The summed E-state index contributed by atoms with van der Waals surface area (Å²) in [4.78, 5) is 0. The van der Waals surface area contributed by atoms with Crippen molar-refractivity contribution in [2.24, 2.45) is 5.92 Å². The van der Waals surface area contributed by atoms with Crippen LogP contribution in [-0.2, 0) is 0 Å². The largest absolute Gasteiger partial charge is 2.00 e. The molecule has 8 heavy (non-hydrogen) atoms. The van der Waals surface area contributed by atoms with E-state index in [9.17, 15) is 0 Å². The van der Waals surface area contributed by atoms with Crippen molar-refractivity contribution in [1.82, 2.24) is 0 Å². The summed E-state index contributed by atoms with van der Waals surface area (Å²) in [5.74, 6) is 1.64. The topological polar surface area (TPSA) is 0 Å². The van der Waals surface area contributed by atoms with Crippen LogP contribution in [0.15, 0.2) is 0 Å². The zero-order valence-electron chi connectivity index (χ0n) is 7.78. The molecule has 0 amide bonds. The third-order valence-corrected chi connectivity index (χ3v) is 1.18. The van der Waals surface area contributed by atoms with Crippen molar-refractivity contribution in [3.63, 3.8) is 0 Å². The van der Waals surface area contributed by atoms with Crippen LogP contribution in [0.25, 0.3) is 0 Å². The first-order valence-corrected chi connectivity index (χ1v) is 3.36. The van der Waals surface area contributed by atoms with Gasteiger partial charge in [-0.25, -0.2) is 0 Å². The van der Waals surface area contributed by atoms with Gasteiger partial charge in [0.1, 0.15) is 0 Å². The molecular weight excluding hydrogens is 132 g/mol. The van der Waals surface area contributed by atoms with Gasteiger partial charge < -0.3 is 2.85 Å². The second-order valence-corrected chi connectivity index (χ2v) is 2.60. The van der Waals surface area contributed by atoms with Gasteiger partial charge in [-0.3, -0.25) is 0 Å². The molecule has 0 aromatic rings. The number of rotatable bonds is 3. The number of alkyl halides is 1. The van der Waals surface area contributed by atoms with Crippen LogP contribution in [0.2, 0.25) is 0 Å². The Morgan fingerprint density at radius 3 is 2.12 bits per heavy atom. The third-order valence-electron chi connectivity index (χ3n) is 0.915. The molecule has 0 aromatic carbocycles. The fourth-order valence-electron chi connectivity index (χ4n) is 0.485. The standard InChI is InChI=1S/C6H13Cl.Mg.2H/c1-6(2)4-3-5-7;;;/h6H,3-5H2,1-2H3;;;/q;+2;2*-1. The van der Waals surface area contributed by atoms with Crippen LogP contribution >= 0.6 is 11.6 Å². The van der Waals surface area contributed by atoms with E-state index in [2.05, 4.69) is 13.8 Å². The van der Waals surface area contributed by atoms with E-state index in [4.69, 9.17) is 11.6 Å². The number of hydrogen-bond acceptors (Lipinski definition) is 0. The summed E-state index contributed by atoms with van der Waals surface area (Å²) in [5.41, 5.74) is 0. The quantitative estimate of drug-likeness (QED) is 0.424. The average Bonchev–Trinajstić information content (AvgIpc) is 1.61. The van der Waals surface area contributed by atoms with Gasteiger partial charge in [0.25, 0.3) is 0 Å². The van der Waals surface area contributed by atoms with Crippen molar-refractivity contribution in [1.29, 1.82) is 0 Å². The van der Waals surface area contributed by atoms with E-state index in [1.165, 1.54) is 12.8 Å². The minimum absolute atomic E-state index is 0. The summed E-state index contributed by atoms with van der Waals surface area (Å²) in [6.45, 7) is 4.43. The Labute approximate surface area is 76.1 Å². The molecule has 0 atom stereocenters. The summed E-state index contributed by atoms with van der Waals surface area (Å²) in [6, 6.07) is 0. The molecule has 0 bridgehead atoms. The SMILES string of the molecule is CC(C)CCCCl.[H-].[H-].[Mg+2]. The molecule has 0 heterocycles. The van der Waals surface area contributed by atoms with E-state index in [0.29, 0.717) is 0 Å². The average molecular weight is 147 g/mol. The predicted molar refractivity (Wildman–Crippen MR) is 42.8 cm³/mol. The van der Waals surface area contributed by atoms with E-state index < -0.39 is 0 Å². The molecule has 48 valence electrons. The van der Waals surface area contributed by atoms with Crippen molar-refractivity contribution >= 4 is 34.7 Å². The van der Waals surface area contributed by atoms with Crippen molar-refractivity contribution < 1.29 is 2.85 Å². The molecule has 0 aliphatic rings. The molecule has 2 heteroatoms. The van der Waals surface area contributed by atoms with Gasteiger partial charge in [0.2, 0.25) is 0 Å². The van der Waals surface area contributed by atoms with Gasteiger partial charge in [0.15, 0.2) is 0 Å². The van der Waals surface area contributed by atoms with Crippen LogP contribution in [0.4, 0.5) is 0 Å². The maximum atomic E-state index is 5.45. The summed E-state index contributed by atoms with van der Waals surface area (Å²) >= 11 is 5.45. The maximum Gasteiger partial charge on any atom is 2.00 e. The summed E-state index contributed by atoms with van der Waals surface area (Å²) in [7, 11) is 0. The fraction of sp³-hybridized carbons (Fsp3) is 1.00. The number of hydrogen-bond donors (Lipinski definition) is 0. The van der Waals surface area contributed by atoms with Crippen LogP contribution in [-0.4, -0.2) is 28.9 Å². The summed E-state index contributed by atoms with van der Waals surface area (Å²) < 4.78 is 0. The molecule has 0 unspecified atom stereocenters. The van der Waals surface area contributed by atoms with Gasteiger partial charge in [-0.2, -0.15) is 0 Å². The second kappa shape index (κ2) is 8.06. The van der Waals surface area contributed by atoms with Crippen LogP contribution in [0.1, 0.15) is 29.5 Å². The van der Waals surface area contributed by atoms with Crippen molar-refractivity contribution in [2.45, 2.75) is 26.7 Å². The van der Waals surface area contributed by atoms with E-state index in [1.54, 1.807) is 0 Å². The van der Waals surface area contributed by atoms with Crippen LogP contribution < -0.4 is 0 Å². The first-order valence-electron chi connectivity index (χ1n) is 2.83. The molecule has 0 N–H and O–H groups in total. The van der Waals surface area contributed by atoms with Crippen LogP contribution in [0.5, 0.6) is 0 Å². The molecule has 0 radical (unpaired) electrons. The Bertz CT molecular complexity index is 44.7. The van der Waals surface area contributed by atoms with Gasteiger partial charge in [0, 0.05) is 5.88 Å². The Kier molecular flexibility index (Phi) is 11.9. The van der Waals surface area contributed by atoms with Gasteiger partial charge >= 0.3 is 23.1 Å². The smallest absolute Gasteiger partial charge is 1.00 e. The molecule has 0 rings (SSSR count). The Hall–Kier alpha value is 1.06. The monoisotopic (exact) mass is 146 g/mol. The number of halogens is 1. The molecular formula is C6H15ClMg. The van der Waals surface area contributed by atoms with E-state index in [-0.39, 0.29) is 25.9 Å². The fourth-order valence-corrected chi connectivity index (χ4v) is 0.640. The Balaban J connectivity index is -0.0000000600. The van der Waals surface area contributed by atoms with Crippen molar-refractivity contribution in [3.8, 4) is 0 Å². The van der Waals surface area contributed by atoms with Gasteiger partial charge in [-0.15, -0.1) is 11.6 Å². The van der Waals surface area contributed by atoms with Gasteiger partial charge in [0.05, 0.1) is 0 Å². The van der Waals surface area contributed by atoms with Crippen LogP contribution in [0.3, 0.4) is 0 Å². The van der Waals surface area contributed by atoms with E-state index in [0.717, 1.165) is 11.8 Å². The minimum atomic E-state index is 0. The molecule has 0 fully saturated rings. The van der Waals surface area contributed by atoms with Crippen molar-refractivity contribution in [3.05, 3.63) is 0 Å². The molecule has 0 saturated heterocycles. The normalized spacial score (nSPS) is 9.00. The molecule has 0 spiro atoms. The maximum absolute atomic E-state index is 5.45. The van der Waals surface area contributed by atoms with Crippen LogP contribution in [0, 0.1) is 5.92 Å². The summed E-state index contributed by atoms with van der Waals surface area (Å²) in [5, 5.41) is 0. The zero-order valence-corrected chi connectivity index (χ0v) is 7.95. The molecule has 0 aliphatic carbocycles. The molecule has 0 aliphatic heterocycles. The van der Waals surface area contributed by atoms with Gasteiger partial charge in [-0.1, -0.05) is 13.8 Å². The Morgan fingerprint density at radius 2 is 2.00 bits per heavy atom. The first-order chi connectivity index (χ1) is 3.27. The summed E-state index contributed by atoms with van der Waals surface area (Å²) in [6.07, 6.45) is 2.43. The minimum Gasteiger partial charge on any atom is -1.00 e. The third kappa shape index (κ3) is 10.1. The molecule has 0 aromatic heterocycles. The molecule has 0 saturated carbocycles. The zero-order chi connectivity index (χ0) is 5.70. The Morgan fingerprint density at radius 1 is 1.50 bits per heavy atom. The predicted octanol–water partition coefficient (Wildman–Crippen LogP) is 2.51. The van der Waals surface area contributed by atoms with Crippen molar-refractivity contribution in [2.75, 3.05) is 5.88 Å². The van der Waals surface area contributed by atoms with E-state index >= 15 is 0 Å². The van der Waals surface area contributed by atoms with E-state index in [1.807, 2.05) is 0 Å². The second-order valence-electron chi connectivity index (χ2n) is 2.23. The van der Waals surface area contributed by atoms with Gasteiger partial charge in [-0.05, 0) is 18.8 Å². The first kappa shape index (κ1) is 11.8.